The zero-order chi connectivity index (χ0) is 7.72. The first-order valence-electron chi connectivity index (χ1n) is 2.69. The Hall–Kier alpha value is -0.250. The highest BCUT2D eigenvalue weighted by atomic mass is 35.5. The largest absolute Gasteiger partial charge is 0.272 e. The summed E-state index contributed by atoms with van der Waals surface area (Å²) in [6.45, 7) is 3.61. The Morgan fingerprint density at radius 2 is 2.30 bits per heavy atom. The molecule has 1 fully saturated rings. The summed E-state index contributed by atoms with van der Waals surface area (Å²) in [4.78, 5) is 10.8. The molecule has 1 saturated heterocycles. The minimum Gasteiger partial charge on any atom is -0.272 e. The van der Waals surface area contributed by atoms with Crippen LogP contribution in [0, 0.1) is 0 Å². The number of halogens is 2. The average molecular weight is 181 g/mol. The standard InChI is InChI=1S/C5H6Cl2N2O/c1-2-4-8(6)3-5(10)9(4)7/h2,4H,1,3H2. The quantitative estimate of drug-likeness (QED) is 0.444. The number of hydrogen-bond acceptors (Lipinski definition) is 2. The Morgan fingerprint density at radius 3 is 2.50 bits per heavy atom. The van der Waals surface area contributed by atoms with Gasteiger partial charge in [0.2, 0.25) is 0 Å². The van der Waals surface area contributed by atoms with Crippen molar-refractivity contribution in [3.63, 3.8) is 0 Å². The lowest BCUT2D eigenvalue weighted by Gasteiger charge is -2.14. The van der Waals surface area contributed by atoms with Crippen LogP contribution in [0.25, 0.3) is 0 Å². The summed E-state index contributed by atoms with van der Waals surface area (Å²) in [5.74, 6) is -0.207. The number of amides is 1. The smallest absolute Gasteiger partial charge is 0.254 e. The molecular formula is C5H6Cl2N2O. The maximum Gasteiger partial charge on any atom is 0.254 e. The number of carbonyl (C=O) groups is 1. The molecule has 1 aliphatic rings. The van der Waals surface area contributed by atoms with E-state index in [1.807, 2.05) is 0 Å². The van der Waals surface area contributed by atoms with Crippen molar-refractivity contribution in [1.82, 2.24) is 8.84 Å². The molecule has 1 atom stereocenters. The summed E-state index contributed by atoms with van der Waals surface area (Å²) in [6.07, 6.45) is 1.13. The Morgan fingerprint density at radius 1 is 1.70 bits per heavy atom. The van der Waals surface area contributed by atoms with Crippen molar-refractivity contribution in [3.05, 3.63) is 12.7 Å². The van der Waals surface area contributed by atoms with Gasteiger partial charge in [-0.05, 0) is 11.8 Å². The van der Waals surface area contributed by atoms with Crippen molar-refractivity contribution < 1.29 is 4.79 Å². The van der Waals surface area contributed by atoms with Gasteiger partial charge in [0.25, 0.3) is 5.91 Å². The van der Waals surface area contributed by atoms with Gasteiger partial charge in [0.05, 0.1) is 6.54 Å². The monoisotopic (exact) mass is 180 g/mol. The van der Waals surface area contributed by atoms with Crippen molar-refractivity contribution in [2.75, 3.05) is 6.54 Å². The molecule has 1 aliphatic heterocycles. The van der Waals surface area contributed by atoms with Crippen LogP contribution in [0.15, 0.2) is 12.7 Å². The summed E-state index contributed by atoms with van der Waals surface area (Å²) >= 11 is 11.1. The number of rotatable bonds is 1. The van der Waals surface area contributed by atoms with Crippen LogP contribution in [-0.2, 0) is 4.79 Å². The molecule has 1 rings (SSSR count). The van der Waals surface area contributed by atoms with Gasteiger partial charge in [-0.25, -0.2) is 4.42 Å². The zero-order valence-electron chi connectivity index (χ0n) is 5.13. The molecule has 0 N–H and O–H groups in total. The molecule has 1 amide bonds. The van der Waals surface area contributed by atoms with Crippen molar-refractivity contribution in [3.8, 4) is 0 Å². The van der Waals surface area contributed by atoms with E-state index in [-0.39, 0.29) is 18.6 Å². The minimum atomic E-state index is -0.379. The van der Waals surface area contributed by atoms with Crippen LogP contribution < -0.4 is 0 Å². The topological polar surface area (TPSA) is 23.6 Å². The predicted octanol–water partition coefficient (Wildman–Crippen LogP) is 0.950. The molecule has 0 radical (unpaired) electrons. The Balaban J connectivity index is 2.73. The fraction of sp³-hybridized carbons (Fsp3) is 0.400. The molecule has 0 aromatic heterocycles. The SMILES string of the molecule is C=CC1N(Cl)CC(=O)N1Cl. The summed E-state index contributed by atoms with van der Waals surface area (Å²) in [5, 5.41) is 0. The number of carbonyl (C=O) groups excluding carboxylic acids is 1. The third kappa shape index (κ3) is 1.12. The lowest BCUT2D eigenvalue weighted by Crippen LogP contribution is -2.26. The molecule has 0 saturated carbocycles. The Bertz CT molecular complexity index is 173. The average Bonchev–Trinajstić information content (AvgIpc) is 2.09. The van der Waals surface area contributed by atoms with Crippen molar-refractivity contribution in [2.24, 2.45) is 0 Å². The number of nitrogens with zero attached hydrogens (tertiary/aromatic N) is 2. The van der Waals surface area contributed by atoms with Gasteiger partial charge in [-0.1, -0.05) is 12.7 Å². The van der Waals surface area contributed by atoms with E-state index in [4.69, 9.17) is 23.6 Å². The van der Waals surface area contributed by atoms with E-state index in [1.54, 1.807) is 0 Å². The van der Waals surface area contributed by atoms with Gasteiger partial charge in [-0.3, -0.25) is 4.79 Å². The van der Waals surface area contributed by atoms with E-state index in [0.29, 0.717) is 0 Å². The van der Waals surface area contributed by atoms with E-state index < -0.39 is 0 Å². The maximum atomic E-state index is 10.8. The number of hydrogen-bond donors (Lipinski definition) is 0. The highest BCUT2D eigenvalue weighted by molar-refractivity contribution is 6.25. The molecule has 0 aliphatic carbocycles. The third-order valence-electron chi connectivity index (χ3n) is 1.25. The van der Waals surface area contributed by atoms with Gasteiger partial charge >= 0.3 is 0 Å². The molecule has 0 aromatic carbocycles. The first kappa shape index (κ1) is 7.85. The zero-order valence-corrected chi connectivity index (χ0v) is 6.64. The summed E-state index contributed by atoms with van der Waals surface area (Å²) < 4.78 is 2.32. The molecule has 5 heteroatoms. The molecule has 1 unspecified atom stereocenters. The second-order valence-electron chi connectivity index (χ2n) is 1.91. The van der Waals surface area contributed by atoms with Crippen molar-refractivity contribution >= 4 is 29.5 Å². The van der Waals surface area contributed by atoms with Crippen LogP contribution in [-0.4, -0.2) is 27.5 Å². The molecule has 0 bridgehead atoms. The highest BCUT2D eigenvalue weighted by Gasteiger charge is 2.33. The third-order valence-corrected chi connectivity index (χ3v) is 1.96. The first-order chi connectivity index (χ1) is 4.66. The van der Waals surface area contributed by atoms with E-state index in [0.717, 1.165) is 4.42 Å². The molecule has 56 valence electrons. The van der Waals surface area contributed by atoms with E-state index in [2.05, 4.69) is 6.58 Å². The first-order valence-corrected chi connectivity index (χ1v) is 3.37. The Kier molecular flexibility index (Phi) is 2.18. The molecule has 3 nitrogen and oxygen atoms in total. The lowest BCUT2D eigenvalue weighted by molar-refractivity contribution is -0.123. The van der Waals surface area contributed by atoms with E-state index >= 15 is 0 Å². The van der Waals surface area contributed by atoms with Gasteiger partial charge in [-0.2, -0.15) is 4.42 Å². The normalized spacial score (nSPS) is 27.6. The second kappa shape index (κ2) is 2.78. The van der Waals surface area contributed by atoms with Crippen LogP contribution in [0.2, 0.25) is 0 Å². The van der Waals surface area contributed by atoms with E-state index in [1.165, 1.54) is 10.5 Å². The summed E-state index contributed by atoms with van der Waals surface area (Å²) in [6, 6.07) is 0. The van der Waals surface area contributed by atoms with Gasteiger partial charge < -0.3 is 0 Å². The van der Waals surface area contributed by atoms with Crippen LogP contribution in [0.4, 0.5) is 0 Å². The van der Waals surface area contributed by atoms with Crippen LogP contribution in [0.3, 0.4) is 0 Å². The van der Waals surface area contributed by atoms with Gasteiger partial charge in [-0.15, -0.1) is 0 Å². The summed E-state index contributed by atoms with van der Waals surface area (Å²) in [5.41, 5.74) is 0. The highest BCUT2D eigenvalue weighted by Crippen LogP contribution is 2.20. The molecular weight excluding hydrogens is 175 g/mol. The molecule has 1 heterocycles. The van der Waals surface area contributed by atoms with Gasteiger partial charge in [0.15, 0.2) is 0 Å². The minimum absolute atomic E-state index is 0.141. The van der Waals surface area contributed by atoms with Gasteiger partial charge in [0.1, 0.15) is 6.17 Å². The molecule has 0 spiro atoms. The molecule has 0 aromatic rings. The lowest BCUT2D eigenvalue weighted by atomic mass is 10.5. The summed E-state index contributed by atoms with van der Waals surface area (Å²) in [7, 11) is 0. The van der Waals surface area contributed by atoms with Gasteiger partial charge in [0, 0.05) is 11.8 Å². The van der Waals surface area contributed by atoms with Crippen molar-refractivity contribution in [1.29, 1.82) is 0 Å². The fourth-order valence-corrected chi connectivity index (χ4v) is 1.31. The Labute approximate surface area is 69.0 Å². The maximum absolute atomic E-state index is 10.8. The van der Waals surface area contributed by atoms with Crippen LogP contribution in [0.1, 0.15) is 0 Å². The predicted molar refractivity (Wildman–Crippen MR) is 39.2 cm³/mol. The molecule has 10 heavy (non-hydrogen) atoms. The van der Waals surface area contributed by atoms with Crippen molar-refractivity contribution in [2.45, 2.75) is 6.17 Å². The van der Waals surface area contributed by atoms with E-state index in [9.17, 15) is 4.79 Å². The van der Waals surface area contributed by atoms with Crippen LogP contribution >= 0.6 is 23.6 Å². The second-order valence-corrected chi connectivity index (χ2v) is 2.71. The fourth-order valence-electron chi connectivity index (χ4n) is 0.755. The van der Waals surface area contributed by atoms with Crippen LogP contribution in [0.5, 0.6) is 0 Å².